The van der Waals surface area contributed by atoms with Crippen LogP contribution in [0.25, 0.3) is 0 Å². The van der Waals surface area contributed by atoms with Gasteiger partial charge >= 0.3 is 5.97 Å². The van der Waals surface area contributed by atoms with Crippen LogP contribution in [0.5, 0.6) is 0 Å². The van der Waals surface area contributed by atoms with Crippen LogP contribution in [0.4, 0.5) is 0 Å². The Kier molecular flexibility index (Phi) is 9.64. The minimum Gasteiger partial charge on any atom is -0.478 e. The molecule has 0 spiro atoms. The summed E-state index contributed by atoms with van der Waals surface area (Å²) in [5, 5.41) is 13.3. The number of thioether (sulfide) groups is 1. The number of nitrogens with zero attached hydrogens (tertiary/aromatic N) is 2. The second-order valence-corrected chi connectivity index (χ2v) is 9.10. The molecule has 0 aliphatic heterocycles. The van der Waals surface area contributed by atoms with Crippen molar-refractivity contribution in [2.45, 2.75) is 87.2 Å². The van der Waals surface area contributed by atoms with Crippen molar-refractivity contribution in [2.75, 3.05) is 0 Å². The summed E-state index contributed by atoms with van der Waals surface area (Å²) in [7, 11) is 0. The van der Waals surface area contributed by atoms with E-state index in [0.29, 0.717) is 5.56 Å². The van der Waals surface area contributed by atoms with Crippen LogP contribution in [-0.2, 0) is 5.75 Å². The molecule has 1 aromatic carbocycles. The summed E-state index contributed by atoms with van der Waals surface area (Å²) in [6.45, 7) is 0. The molecule has 162 valence electrons. The fourth-order valence-corrected chi connectivity index (χ4v) is 4.88. The molecule has 0 radical (unpaired) electrons. The van der Waals surface area contributed by atoms with Gasteiger partial charge in [0, 0.05) is 30.2 Å². The maximum Gasteiger partial charge on any atom is 0.335 e. The molecule has 5 nitrogen and oxygen atoms in total. The summed E-state index contributed by atoms with van der Waals surface area (Å²) < 4.78 is 0. The van der Waals surface area contributed by atoms with E-state index in [1.807, 2.05) is 0 Å². The minimum atomic E-state index is -0.907. The number of aromatic nitrogens is 2. The zero-order valence-corrected chi connectivity index (χ0v) is 18.4. The number of rotatable bonds is 6. The van der Waals surface area contributed by atoms with Crippen LogP contribution in [-0.4, -0.2) is 33.1 Å². The van der Waals surface area contributed by atoms with Crippen molar-refractivity contribution in [3.05, 3.63) is 53.9 Å². The predicted molar refractivity (Wildman–Crippen MR) is 122 cm³/mol. The standard InChI is InChI=1S/C12H10N2O2S.C12H23N/c15-11(16)10-4-2-9(3-5-10)8-17-12-13-6-1-7-14-12;1-3-7-11(8-4-1)13-12-9-5-2-6-10-12/h1-7H,8H2,(H,15,16);11-13H,1-10H2. The van der Waals surface area contributed by atoms with Gasteiger partial charge in [-0.15, -0.1) is 0 Å². The predicted octanol–water partition coefficient (Wildman–Crippen LogP) is 5.71. The fourth-order valence-electron chi connectivity index (χ4n) is 4.12. The topological polar surface area (TPSA) is 75.1 Å². The first-order valence-corrected chi connectivity index (χ1v) is 12.2. The lowest BCUT2D eigenvalue weighted by Crippen LogP contribution is -2.40. The number of hydrogen-bond acceptors (Lipinski definition) is 5. The van der Waals surface area contributed by atoms with Crippen LogP contribution in [0.2, 0.25) is 0 Å². The maximum atomic E-state index is 10.7. The van der Waals surface area contributed by atoms with Gasteiger partial charge in [0.25, 0.3) is 0 Å². The third-order valence-corrected chi connectivity index (χ3v) is 6.74. The van der Waals surface area contributed by atoms with E-state index in [0.717, 1.165) is 28.6 Å². The highest BCUT2D eigenvalue weighted by Crippen LogP contribution is 2.22. The van der Waals surface area contributed by atoms with Crippen LogP contribution in [0.1, 0.15) is 80.1 Å². The normalized spacial score (nSPS) is 17.7. The van der Waals surface area contributed by atoms with Crippen molar-refractivity contribution >= 4 is 17.7 Å². The number of aromatic carboxylic acids is 1. The third kappa shape index (κ3) is 8.07. The molecule has 6 heteroatoms. The first kappa shape index (κ1) is 22.8. The van der Waals surface area contributed by atoms with Gasteiger partial charge in [-0.05, 0) is 49.4 Å². The summed E-state index contributed by atoms with van der Waals surface area (Å²) in [5.74, 6) is -0.181. The van der Waals surface area contributed by atoms with Gasteiger partial charge in [-0.3, -0.25) is 0 Å². The molecule has 1 aromatic heterocycles. The highest BCUT2D eigenvalue weighted by Gasteiger charge is 2.19. The van der Waals surface area contributed by atoms with Crippen LogP contribution in [0.15, 0.2) is 47.9 Å². The van der Waals surface area contributed by atoms with Gasteiger partial charge < -0.3 is 10.4 Å². The lowest BCUT2D eigenvalue weighted by Gasteiger charge is -2.30. The van der Waals surface area contributed by atoms with Crippen LogP contribution < -0.4 is 5.32 Å². The molecular weight excluding hydrogens is 394 g/mol. The number of hydrogen-bond donors (Lipinski definition) is 2. The first-order valence-electron chi connectivity index (χ1n) is 11.2. The van der Waals surface area contributed by atoms with Crippen molar-refractivity contribution in [1.82, 2.24) is 15.3 Å². The van der Waals surface area contributed by atoms with E-state index in [2.05, 4.69) is 15.3 Å². The van der Waals surface area contributed by atoms with E-state index < -0.39 is 5.97 Å². The number of carboxylic acids is 1. The third-order valence-electron chi connectivity index (χ3n) is 5.79. The lowest BCUT2D eigenvalue weighted by atomic mass is 9.91. The Morgan fingerprint density at radius 3 is 1.93 bits per heavy atom. The van der Waals surface area contributed by atoms with Gasteiger partial charge in [0.15, 0.2) is 5.16 Å². The van der Waals surface area contributed by atoms with Gasteiger partial charge in [0.1, 0.15) is 0 Å². The summed E-state index contributed by atoms with van der Waals surface area (Å²) in [5.41, 5.74) is 1.35. The Morgan fingerprint density at radius 1 is 0.900 bits per heavy atom. The molecule has 1 heterocycles. The SMILES string of the molecule is C1CCC(NC2CCCCC2)CC1.O=C(O)c1ccc(CSc2ncccn2)cc1. The first-order chi connectivity index (χ1) is 14.7. The van der Waals surface area contributed by atoms with Gasteiger partial charge in [0.05, 0.1) is 5.56 Å². The van der Waals surface area contributed by atoms with Crippen molar-refractivity contribution in [3.8, 4) is 0 Å². The van der Waals surface area contributed by atoms with E-state index >= 15 is 0 Å². The summed E-state index contributed by atoms with van der Waals surface area (Å²) in [6, 6.07) is 10.3. The molecular formula is C24H33N3O2S. The minimum absolute atomic E-state index is 0.301. The van der Waals surface area contributed by atoms with Gasteiger partial charge in [-0.2, -0.15) is 0 Å². The Balaban J connectivity index is 0.000000177. The van der Waals surface area contributed by atoms with E-state index in [1.165, 1.54) is 76.0 Å². The number of nitrogens with one attached hydrogen (secondary N) is 1. The number of carboxylic acid groups (broad SMARTS) is 1. The average Bonchev–Trinajstić information content (AvgIpc) is 2.80. The van der Waals surface area contributed by atoms with E-state index in [4.69, 9.17) is 5.11 Å². The van der Waals surface area contributed by atoms with Crippen molar-refractivity contribution < 1.29 is 9.90 Å². The molecule has 0 bridgehead atoms. The summed E-state index contributed by atoms with van der Waals surface area (Å²) >= 11 is 1.52. The van der Waals surface area contributed by atoms with E-state index in [-0.39, 0.29) is 0 Å². The quantitative estimate of drug-likeness (QED) is 0.454. The second kappa shape index (κ2) is 12.7. The van der Waals surface area contributed by atoms with Crippen molar-refractivity contribution in [1.29, 1.82) is 0 Å². The highest BCUT2D eigenvalue weighted by molar-refractivity contribution is 7.98. The molecule has 0 amide bonds. The number of carbonyl (C=O) groups is 1. The molecule has 2 aromatic rings. The molecule has 0 atom stereocenters. The molecule has 2 aliphatic carbocycles. The molecule has 0 unspecified atom stereocenters. The zero-order valence-electron chi connectivity index (χ0n) is 17.6. The van der Waals surface area contributed by atoms with Crippen molar-refractivity contribution in [2.24, 2.45) is 0 Å². The average molecular weight is 428 g/mol. The maximum absolute atomic E-state index is 10.7. The zero-order chi connectivity index (χ0) is 21.0. The van der Waals surface area contributed by atoms with Crippen molar-refractivity contribution in [3.63, 3.8) is 0 Å². The van der Waals surface area contributed by atoms with Gasteiger partial charge in [-0.1, -0.05) is 62.4 Å². The Hall–Kier alpha value is -1.92. The Labute approximate surface area is 184 Å². The smallest absolute Gasteiger partial charge is 0.335 e. The van der Waals surface area contributed by atoms with Gasteiger partial charge in [-0.25, -0.2) is 14.8 Å². The van der Waals surface area contributed by atoms with E-state index in [1.54, 1.807) is 42.7 Å². The Morgan fingerprint density at radius 2 is 1.43 bits per heavy atom. The van der Waals surface area contributed by atoms with Crippen LogP contribution >= 0.6 is 11.8 Å². The highest BCUT2D eigenvalue weighted by atomic mass is 32.2. The Bertz CT molecular complexity index is 727. The molecule has 2 N–H and O–H groups in total. The van der Waals surface area contributed by atoms with Gasteiger partial charge in [0.2, 0.25) is 0 Å². The lowest BCUT2D eigenvalue weighted by molar-refractivity contribution is 0.0697. The second-order valence-electron chi connectivity index (χ2n) is 8.16. The molecule has 4 rings (SSSR count). The molecule has 2 fully saturated rings. The van der Waals surface area contributed by atoms with Crippen LogP contribution in [0, 0.1) is 0 Å². The molecule has 2 aliphatic rings. The summed E-state index contributed by atoms with van der Waals surface area (Å²) in [4.78, 5) is 18.9. The monoisotopic (exact) mass is 427 g/mol. The number of benzene rings is 1. The van der Waals surface area contributed by atoms with Crippen LogP contribution in [0.3, 0.4) is 0 Å². The molecule has 0 saturated heterocycles. The van der Waals surface area contributed by atoms with E-state index in [9.17, 15) is 4.79 Å². The summed E-state index contributed by atoms with van der Waals surface area (Å²) in [6.07, 6.45) is 18.0. The molecule has 2 saturated carbocycles. The molecule has 30 heavy (non-hydrogen) atoms. The fraction of sp³-hybridized carbons (Fsp3) is 0.542. The largest absolute Gasteiger partial charge is 0.478 e.